The van der Waals surface area contributed by atoms with Crippen molar-refractivity contribution in [1.82, 2.24) is 0 Å². The van der Waals surface area contributed by atoms with Crippen LogP contribution in [0.5, 0.6) is 0 Å². The van der Waals surface area contributed by atoms with Crippen LogP contribution in [0.4, 0.5) is 0 Å². The van der Waals surface area contributed by atoms with E-state index in [1.165, 1.54) is 6.08 Å². The normalized spacial score (nSPS) is 22.0. The van der Waals surface area contributed by atoms with E-state index in [0.717, 1.165) is 11.6 Å². The van der Waals surface area contributed by atoms with E-state index in [-0.39, 0.29) is 4.92 Å². The number of carboxylic acid groups (broad SMARTS) is 1. The highest BCUT2D eigenvalue weighted by molar-refractivity contribution is 5.80. The summed E-state index contributed by atoms with van der Waals surface area (Å²) in [6, 6.07) is -0.562. The van der Waals surface area contributed by atoms with Crippen LogP contribution in [-0.2, 0) is 4.79 Å². The fraction of sp³-hybridized carbons (Fsp3) is 0.444. The van der Waals surface area contributed by atoms with Crippen molar-refractivity contribution in [2.45, 2.75) is 25.3 Å². The Balaban J connectivity index is 2.59. The Hall–Kier alpha value is -1.65. The van der Waals surface area contributed by atoms with E-state index in [1.54, 1.807) is 0 Å². The van der Waals surface area contributed by atoms with E-state index in [0.29, 0.717) is 19.3 Å². The van der Waals surface area contributed by atoms with E-state index in [4.69, 9.17) is 5.11 Å². The molecule has 0 aromatic rings. The topological polar surface area (TPSA) is 80.4 Å². The van der Waals surface area contributed by atoms with Crippen LogP contribution in [0.3, 0.4) is 0 Å². The van der Waals surface area contributed by atoms with Crippen molar-refractivity contribution in [2.24, 2.45) is 0 Å². The summed E-state index contributed by atoms with van der Waals surface area (Å²) in [5, 5.41) is 18.8. The molecule has 76 valence electrons. The molecule has 1 aliphatic rings. The molecule has 14 heavy (non-hydrogen) atoms. The maximum atomic E-state index is 10.5. The van der Waals surface area contributed by atoms with Crippen LogP contribution in [0.2, 0.25) is 0 Å². The summed E-state index contributed by atoms with van der Waals surface area (Å²) < 4.78 is 0. The van der Waals surface area contributed by atoms with Gasteiger partial charge in [0.25, 0.3) is 0 Å². The number of nitro groups is 1. The highest BCUT2D eigenvalue weighted by Crippen LogP contribution is 2.21. The summed E-state index contributed by atoms with van der Waals surface area (Å²) in [6.45, 7) is 0. The number of nitrogens with zero attached hydrogens (tertiary/aromatic N) is 1. The number of allylic oxidation sites excluding steroid dienone is 2. The van der Waals surface area contributed by atoms with Crippen molar-refractivity contribution in [2.75, 3.05) is 0 Å². The number of carbonyl (C=O) groups is 1. The van der Waals surface area contributed by atoms with Crippen LogP contribution in [0.25, 0.3) is 0 Å². The maximum absolute atomic E-state index is 10.5. The molecule has 0 amide bonds. The van der Waals surface area contributed by atoms with Crippen LogP contribution in [-0.4, -0.2) is 22.0 Å². The fourth-order valence-corrected chi connectivity index (χ4v) is 1.41. The Morgan fingerprint density at radius 3 is 3.00 bits per heavy atom. The Morgan fingerprint density at radius 2 is 2.43 bits per heavy atom. The second-order valence-corrected chi connectivity index (χ2v) is 3.17. The first-order valence-electron chi connectivity index (χ1n) is 4.33. The minimum Gasteiger partial charge on any atom is -0.478 e. The molecule has 0 aliphatic heterocycles. The lowest BCUT2D eigenvalue weighted by molar-refractivity contribution is -0.523. The first-order valence-corrected chi connectivity index (χ1v) is 4.33. The van der Waals surface area contributed by atoms with Gasteiger partial charge in [-0.2, -0.15) is 0 Å². The molecule has 0 radical (unpaired) electrons. The first-order chi connectivity index (χ1) is 6.59. The van der Waals surface area contributed by atoms with Gasteiger partial charge in [-0.15, -0.1) is 0 Å². The number of aliphatic carboxylic acids is 1. The molecule has 0 bridgehead atoms. The Kier molecular flexibility index (Phi) is 3.39. The lowest BCUT2D eigenvalue weighted by Crippen LogP contribution is -2.21. The molecular weight excluding hydrogens is 186 g/mol. The third kappa shape index (κ3) is 3.01. The van der Waals surface area contributed by atoms with Gasteiger partial charge >= 0.3 is 5.97 Å². The van der Waals surface area contributed by atoms with Crippen molar-refractivity contribution in [3.05, 3.63) is 33.9 Å². The van der Waals surface area contributed by atoms with Gasteiger partial charge in [-0.25, -0.2) is 4.79 Å². The van der Waals surface area contributed by atoms with Gasteiger partial charge in [0.15, 0.2) is 0 Å². The van der Waals surface area contributed by atoms with Gasteiger partial charge in [-0.1, -0.05) is 12.2 Å². The van der Waals surface area contributed by atoms with Crippen molar-refractivity contribution >= 4 is 5.97 Å². The lowest BCUT2D eigenvalue weighted by atomic mass is 9.95. The molecule has 1 N–H and O–H groups in total. The van der Waals surface area contributed by atoms with E-state index < -0.39 is 12.0 Å². The summed E-state index contributed by atoms with van der Waals surface area (Å²) in [5.74, 6) is -1.03. The summed E-state index contributed by atoms with van der Waals surface area (Å²) in [6.07, 6.45) is 5.80. The highest BCUT2D eigenvalue weighted by atomic mass is 16.6. The summed E-state index contributed by atoms with van der Waals surface area (Å²) >= 11 is 0. The van der Waals surface area contributed by atoms with Crippen molar-refractivity contribution in [1.29, 1.82) is 0 Å². The van der Waals surface area contributed by atoms with Crippen molar-refractivity contribution in [3.8, 4) is 0 Å². The van der Waals surface area contributed by atoms with Gasteiger partial charge in [0, 0.05) is 23.8 Å². The second kappa shape index (κ2) is 4.55. The fourth-order valence-electron chi connectivity index (χ4n) is 1.41. The molecule has 0 aromatic carbocycles. The van der Waals surface area contributed by atoms with Crippen molar-refractivity contribution < 1.29 is 14.8 Å². The highest BCUT2D eigenvalue weighted by Gasteiger charge is 2.23. The Morgan fingerprint density at radius 1 is 1.71 bits per heavy atom. The smallest absolute Gasteiger partial charge is 0.328 e. The van der Waals surface area contributed by atoms with Gasteiger partial charge in [0.2, 0.25) is 6.04 Å². The maximum Gasteiger partial charge on any atom is 0.328 e. The lowest BCUT2D eigenvalue weighted by Gasteiger charge is -2.13. The average Bonchev–Trinajstić information content (AvgIpc) is 2.15. The standard InChI is InChI=1S/C9H11NO4/c11-9(12)5-4-7-2-1-3-8(6-7)10(13)14/h2,4-5,8H,1,3,6H2,(H,11,12)/b5-4-/t8-/m0/s1. The molecule has 0 heterocycles. The van der Waals surface area contributed by atoms with E-state index in [9.17, 15) is 14.9 Å². The predicted octanol–water partition coefficient (Wildman–Crippen LogP) is 1.38. The van der Waals surface area contributed by atoms with Crippen molar-refractivity contribution in [3.63, 3.8) is 0 Å². The van der Waals surface area contributed by atoms with Crippen LogP contribution in [0, 0.1) is 10.1 Å². The van der Waals surface area contributed by atoms with Gasteiger partial charge in [0.1, 0.15) is 0 Å². The number of hydrogen-bond donors (Lipinski definition) is 1. The SMILES string of the molecule is O=C(O)/C=C\C1=CCC[C@H]([N+](=O)[O-])C1. The molecular formula is C9H11NO4. The second-order valence-electron chi connectivity index (χ2n) is 3.17. The molecule has 1 rings (SSSR count). The van der Waals surface area contributed by atoms with Crippen LogP contribution < -0.4 is 0 Å². The number of hydrogen-bond acceptors (Lipinski definition) is 3. The minimum absolute atomic E-state index is 0.304. The zero-order valence-electron chi connectivity index (χ0n) is 7.55. The molecule has 0 spiro atoms. The molecule has 0 aromatic heterocycles. The molecule has 1 aliphatic carbocycles. The zero-order valence-corrected chi connectivity index (χ0v) is 7.55. The Bertz CT molecular complexity index is 306. The molecule has 0 unspecified atom stereocenters. The van der Waals surface area contributed by atoms with Crippen LogP contribution >= 0.6 is 0 Å². The summed E-state index contributed by atoms with van der Waals surface area (Å²) in [7, 11) is 0. The zero-order chi connectivity index (χ0) is 10.6. The van der Waals surface area contributed by atoms with Gasteiger partial charge in [-0.3, -0.25) is 10.1 Å². The first kappa shape index (κ1) is 10.4. The predicted molar refractivity (Wildman–Crippen MR) is 49.5 cm³/mol. The monoisotopic (exact) mass is 197 g/mol. The van der Waals surface area contributed by atoms with Gasteiger partial charge < -0.3 is 5.11 Å². The average molecular weight is 197 g/mol. The molecule has 1 atom stereocenters. The van der Waals surface area contributed by atoms with E-state index in [2.05, 4.69) is 0 Å². The van der Waals surface area contributed by atoms with Crippen LogP contribution in [0.1, 0.15) is 19.3 Å². The summed E-state index contributed by atoms with van der Waals surface area (Å²) in [4.78, 5) is 20.4. The molecule has 5 heteroatoms. The molecule has 5 nitrogen and oxygen atoms in total. The quantitative estimate of drug-likeness (QED) is 0.421. The largest absolute Gasteiger partial charge is 0.478 e. The number of rotatable bonds is 3. The van der Waals surface area contributed by atoms with E-state index in [1.807, 2.05) is 6.08 Å². The minimum atomic E-state index is -1.03. The Labute approximate surface area is 80.9 Å². The summed E-state index contributed by atoms with van der Waals surface area (Å²) in [5.41, 5.74) is 0.736. The van der Waals surface area contributed by atoms with Gasteiger partial charge in [-0.05, 0) is 12.0 Å². The third-order valence-corrected chi connectivity index (χ3v) is 2.12. The molecule has 0 saturated carbocycles. The number of carboxylic acids is 1. The van der Waals surface area contributed by atoms with E-state index >= 15 is 0 Å². The van der Waals surface area contributed by atoms with Crippen LogP contribution in [0.15, 0.2) is 23.8 Å². The molecule has 0 saturated heterocycles. The molecule has 0 fully saturated rings. The van der Waals surface area contributed by atoms with Gasteiger partial charge in [0.05, 0.1) is 0 Å². The third-order valence-electron chi connectivity index (χ3n) is 2.12.